The van der Waals surface area contributed by atoms with Crippen LogP contribution in [0.1, 0.15) is 36.0 Å². The predicted molar refractivity (Wildman–Crippen MR) is 103 cm³/mol. The highest BCUT2D eigenvalue weighted by atomic mass is 35.5. The van der Waals surface area contributed by atoms with E-state index in [1.54, 1.807) is 6.07 Å². The zero-order valence-corrected chi connectivity index (χ0v) is 15.8. The smallest absolute Gasteiger partial charge is 0.355 e. The second-order valence-corrected chi connectivity index (χ2v) is 6.40. The van der Waals surface area contributed by atoms with Gasteiger partial charge in [-0.1, -0.05) is 55.5 Å². The largest absolute Gasteiger partial charge is 0.416 e. The van der Waals surface area contributed by atoms with Crippen molar-refractivity contribution < 1.29 is 18.0 Å². The second-order valence-electron chi connectivity index (χ2n) is 6.40. The van der Waals surface area contributed by atoms with Gasteiger partial charge in [0.2, 0.25) is 5.91 Å². The number of rotatable bonds is 7. The molecule has 0 fully saturated rings. The van der Waals surface area contributed by atoms with Crippen LogP contribution in [0, 0.1) is 0 Å². The van der Waals surface area contributed by atoms with Gasteiger partial charge in [0.15, 0.2) is 0 Å². The molecular weight excluding hydrogens is 377 g/mol. The van der Waals surface area contributed by atoms with Gasteiger partial charge in [0.1, 0.15) is 0 Å². The molecule has 2 aromatic rings. The van der Waals surface area contributed by atoms with Gasteiger partial charge in [-0.05, 0) is 36.0 Å². The zero-order valence-electron chi connectivity index (χ0n) is 15.0. The van der Waals surface area contributed by atoms with Gasteiger partial charge in [0, 0.05) is 6.54 Å². The minimum Gasteiger partial charge on any atom is -0.355 e. The van der Waals surface area contributed by atoms with Crippen molar-refractivity contribution in [1.29, 1.82) is 0 Å². The lowest BCUT2D eigenvalue weighted by atomic mass is 9.96. The third-order valence-corrected chi connectivity index (χ3v) is 4.29. The summed E-state index contributed by atoms with van der Waals surface area (Å²) in [7, 11) is 0. The monoisotopic (exact) mass is 400 g/mol. The van der Waals surface area contributed by atoms with E-state index >= 15 is 0 Å². The van der Waals surface area contributed by atoms with Crippen LogP contribution in [0.5, 0.6) is 0 Å². The molecule has 0 aliphatic carbocycles. The number of halogens is 4. The minimum atomic E-state index is -4.35. The Morgan fingerprint density at radius 1 is 1.11 bits per heavy atom. The maximum absolute atomic E-state index is 12.8. The van der Waals surface area contributed by atoms with Gasteiger partial charge in [-0.15, -0.1) is 12.4 Å². The Labute approximate surface area is 163 Å². The third-order valence-electron chi connectivity index (χ3n) is 4.29. The fraction of sp³-hybridized carbons (Fsp3) is 0.350. The van der Waals surface area contributed by atoms with Crippen LogP contribution in [-0.4, -0.2) is 18.5 Å². The summed E-state index contributed by atoms with van der Waals surface area (Å²) in [6.45, 7) is 2.20. The number of amides is 1. The summed E-state index contributed by atoms with van der Waals surface area (Å²) < 4.78 is 38.4. The summed E-state index contributed by atoms with van der Waals surface area (Å²) in [4.78, 5) is 12.1. The van der Waals surface area contributed by atoms with E-state index < -0.39 is 17.8 Å². The first kappa shape index (κ1) is 23.0. The van der Waals surface area contributed by atoms with Gasteiger partial charge in [-0.2, -0.15) is 13.2 Å². The highest BCUT2D eigenvalue weighted by molar-refractivity contribution is 5.85. The van der Waals surface area contributed by atoms with Gasteiger partial charge in [0.05, 0.1) is 11.6 Å². The molecule has 3 N–H and O–H groups in total. The summed E-state index contributed by atoms with van der Waals surface area (Å²) in [6.07, 6.45) is -3.38. The fourth-order valence-electron chi connectivity index (χ4n) is 2.69. The van der Waals surface area contributed by atoms with Crippen molar-refractivity contribution in [2.24, 2.45) is 5.73 Å². The second kappa shape index (κ2) is 10.3. The molecule has 0 bridgehead atoms. The fourth-order valence-corrected chi connectivity index (χ4v) is 2.69. The Balaban J connectivity index is 0.00000364. The first-order chi connectivity index (χ1) is 12.3. The number of carbonyl (C=O) groups is 1. The van der Waals surface area contributed by atoms with Crippen molar-refractivity contribution in [3.05, 3.63) is 71.3 Å². The van der Waals surface area contributed by atoms with Crippen LogP contribution < -0.4 is 11.1 Å². The van der Waals surface area contributed by atoms with Crippen molar-refractivity contribution in [3.8, 4) is 0 Å². The van der Waals surface area contributed by atoms with Crippen LogP contribution in [0.15, 0.2) is 54.6 Å². The highest BCUT2D eigenvalue weighted by Gasteiger charge is 2.30. The molecular formula is C20H24ClF3N2O. The Morgan fingerprint density at radius 2 is 1.78 bits per heavy atom. The van der Waals surface area contributed by atoms with E-state index in [-0.39, 0.29) is 24.2 Å². The molecule has 3 nitrogen and oxygen atoms in total. The van der Waals surface area contributed by atoms with Crippen LogP contribution >= 0.6 is 12.4 Å². The van der Waals surface area contributed by atoms with Gasteiger partial charge < -0.3 is 11.1 Å². The molecule has 1 amide bonds. The normalized spacial score (nSPS) is 13.4. The van der Waals surface area contributed by atoms with Crippen LogP contribution in [0.4, 0.5) is 13.2 Å². The average molecular weight is 401 g/mol. The first-order valence-corrected chi connectivity index (χ1v) is 8.51. The van der Waals surface area contributed by atoms with E-state index in [1.807, 2.05) is 37.3 Å². The Hall–Kier alpha value is -2.05. The van der Waals surface area contributed by atoms with Gasteiger partial charge in [-0.25, -0.2) is 0 Å². The van der Waals surface area contributed by atoms with Crippen molar-refractivity contribution in [3.63, 3.8) is 0 Å². The number of hydrogen-bond donors (Lipinski definition) is 2. The summed E-state index contributed by atoms with van der Waals surface area (Å²) in [5, 5.41) is 2.76. The third kappa shape index (κ3) is 7.23. The van der Waals surface area contributed by atoms with E-state index in [2.05, 4.69) is 5.32 Å². The molecule has 0 aliphatic heterocycles. The number of nitrogens with one attached hydrogen (secondary N) is 1. The van der Waals surface area contributed by atoms with E-state index in [0.717, 1.165) is 17.7 Å². The molecule has 0 aromatic heterocycles. The lowest BCUT2D eigenvalue weighted by Gasteiger charge is -2.16. The number of alkyl halides is 3. The molecule has 7 heteroatoms. The van der Waals surface area contributed by atoms with Crippen molar-refractivity contribution in [2.45, 2.75) is 37.9 Å². The van der Waals surface area contributed by atoms with Crippen LogP contribution in [0.25, 0.3) is 0 Å². The average Bonchev–Trinajstić information content (AvgIpc) is 2.61. The van der Waals surface area contributed by atoms with Gasteiger partial charge in [0.25, 0.3) is 0 Å². The van der Waals surface area contributed by atoms with E-state index in [9.17, 15) is 18.0 Å². The maximum atomic E-state index is 12.8. The van der Waals surface area contributed by atoms with Crippen molar-refractivity contribution in [2.75, 3.05) is 6.54 Å². The summed E-state index contributed by atoms with van der Waals surface area (Å²) >= 11 is 0. The molecule has 0 heterocycles. The Bertz CT molecular complexity index is 723. The highest BCUT2D eigenvalue weighted by Crippen LogP contribution is 2.31. The summed E-state index contributed by atoms with van der Waals surface area (Å²) in [5.41, 5.74) is 6.83. The molecule has 0 saturated carbocycles. The predicted octanol–water partition coefficient (Wildman–Crippen LogP) is 4.31. The van der Waals surface area contributed by atoms with Crippen LogP contribution in [0.2, 0.25) is 0 Å². The van der Waals surface area contributed by atoms with E-state index in [1.165, 1.54) is 6.07 Å². The first-order valence-electron chi connectivity index (χ1n) is 8.51. The topological polar surface area (TPSA) is 55.1 Å². The number of nitrogens with two attached hydrogens (primary N) is 1. The maximum Gasteiger partial charge on any atom is 0.416 e. The molecule has 0 aliphatic rings. The zero-order chi connectivity index (χ0) is 19.2. The molecule has 0 saturated heterocycles. The molecule has 1 unspecified atom stereocenters. The number of hydrogen-bond acceptors (Lipinski definition) is 2. The van der Waals surface area contributed by atoms with E-state index in [4.69, 9.17) is 5.73 Å². The lowest BCUT2D eigenvalue weighted by Crippen LogP contribution is -2.42. The number of carbonyl (C=O) groups excluding carboxylic acids is 1. The van der Waals surface area contributed by atoms with Crippen molar-refractivity contribution in [1.82, 2.24) is 5.32 Å². The quantitative estimate of drug-likeness (QED) is 0.727. The molecule has 2 rings (SSSR count). The molecule has 0 radical (unpaired) electrons. The summed E-state index contributed by atoms with van der Waals surface area (Å²) in [5.74, 6) is -0.368. The molecule has 2 aromatic carbocycles. The standard InChI is InChI=1S/C20H23F3N2O.ClH/c1-14(16-8-5-9-17(13-16)20(21,22)23)10-11-25-19(26)18(24)12-15-6-3-2-4-7-15;/h2-9,13-14,18H,10-12,24H2,1H3,(H,25,26);1H/t14?,18-;/m0./s1. The lowest BCUT2D eigenvalue weighted by molar-refractivity contribution is -0.137. The molecule has 27 heavy (non-hydrogen) atoms. The number of benzene rings is 2. The van der Waals surface area contributed by atoms with E-state index in [0.29, 0.717) is 24.9 Å². The minimum absolute atomic E-state index is 0. The molecule has 148 valence electrons. The molecule has 2 atom stereocenters. The SMILES string of the molecule is CC(CCNC(=O)[C@@H](N)Cc1ccccc1)c1cccc(C(F)(F)F)c1.Cl. The van der Waals surface area contributed by atoms with Gasteiger partial charge >= 0.3 is 6.18 Å². The van der Waals surface area contributed by atoms with Crippen molar-refractivity contribution >= 4 is 18.3 Å². The van der Waals surface area contributed by atoms with Crippen LogP contribution in [0.3, 0.4) is 0 Å². The Morgan fingerprint density at radius 3 is 2.41 bits per heavy atom. The van der Waals surface area contributed by atoms with Crippen LogP contribution in [-0.2, 0) is 17.4 Å². The van der Waals surface area contributed by atoms with Gasteiger partial charge in [-0.3, -0.25) is 4.79 Å². The summed E-state index contributed by atoms with van der Waals surface area (Å²) in [6, 6.07) is 14.1. The Kier molecular flexibility index (Phi) is 8.79. The molecule has 0 spiro atoms.